The number of oxazole rings is 1. The van der Waals surface area contributed by atoms with Crippen LogP contribution in [0.3, 0.4) is 0 Å². The number of amides is 4. The predicted octanol–water partition coefficient (Wildman–Crippen LogP) is 3.31. The first-order valence-electron chi connectivity index (χ1n) is 11.2. The van der Waals surface area contributed by atoms with Crippen molar-refractivity contribution >= 4 is 28.9 Å². The lowest BCUT2D eigenvalue weighted by Gasteiger charge is -2.31. The zero-order chi connectivity index (χ0) is 23.2. The average molecular weight is 447 g/mol. The van der Waals surface area contributed by atoms with Crippen LogP contribution in [0.2, 0.25) is 0 Å². The molecule has 0 bridgehead atoms. The minimum atomic E-state index is -1.18. The topological polar surface area (TPSA) is 95.8 Å². The highest BCUT2D eigenvalue weighted by molar-refractivity contribution is 6.09. The molecule has 2 fully saturated rings. The van der Waals surface area contributed by atoms with Gasteiger partial charge in [0.25, 0.3) is 5.91 Å². The van der Waals surface area contributed by atoms with Crippen molar-refractivity contribution in [2.45, 2.75) is 38.1 Å². The average Bonchev–Trinajstić information content (AvgIpc) is 3.35. The molecule has 3 heterocycles. The maximum absolute atomic E-state index is 13.1. The number of likely N-dealkylation sites (tertiary alicyclic amines) is 1. The molecular weight excluding hydrogens is 420 g/mol. The summed E-state index contributed by atoms with van der Waals surface area (Å²) < 4.78 is 5.89. The van der Waals surface area contributed by atoms with Gasteiger partial charge in [-0.15, -0.1) is 0 Å². The molecule has 170 valence electrons. The molecular formula is C25H26N4O4. The number of urea groups is 1. The van der Waals surface area contributed by atoms with Crippen molar-refractivity contribution in [3.05, 3.63) is 65.5 Å². The van der Waals surface area contributed by atoms with Crippen LogP contribution in [0.25, 0.3) is 11.1 Å². The summed E-state index contributed by atoms with van der Waals surface area (Å²) in [6.45, 7) is 4.43. The largest absolute Gasteiger partial charge is 0.440 e. The number of hydrogen-bond donors (Lipinski definition) is 1. The highest BCUT2D eigenvalue weighted by atomic mass is 16.3. The zero-order valence-electron chi connectivity index (χ0n) is 18.7. The molecule has 1 N–H and O–H groups in total. The normalized spacial score (nSPS) is 21.6. The van der Waals surface area contributed by atoms with Crippen molar-refractivity contribution < 1.29 is 18.8 Å². The molecule has 0 spiro atoms. The third kappa shape index (κ3) is 3.75. The van der Waals surface area contributed by atoms with Gasteiger partial charge in [-0.25, -0.2) is 9.78 Å². The molecule has 2 saturated heterocycles. The summed E-state index contributed by atoms with van der Waals surface area (Å²) in [4.78, 5) is 45.9. The van der Waals surface area contributed by atoms with E-state index in [9.17, 15) is 14.4 Å². The van der Waals surface area contributed by atoms with E-state index in [-0.39, 0.29) is 18.4 Å². The molecule has 0 unspecified atom stereocenters. The number of fused-ring (bicyclic) bond motifs is 1. The molecule has 2 aromatic carbocycles. The lowest BCUT2D eigenvalue weighted by atomic mass is 9.91. The van der Waals surface area contributed by atoms with E-state index in [4.69, 9.17) is 4.42 Å². The second-order valence-corrected chi connectivity index (χ2v) is 8.99. The summed E-state index contributed by atoms with van der Waals surface area (Å²) in [6, 6.07) is 14.6. The first-order valence-corrected chi connectivity index (χ1v) is 11.2. The van der Waals surface area contributed by atoms with Gasteiger partial charge in [0, 0.05) is 19.0 Å². The van der Waals surface area contributed by atoms with E-state index in [2.05, 4.69) is 10.3 Å². The summed E-state index contributed by atoms with van der Waals surface area (Å²) in [5.74, 6) is 0.197. The van der Waals surface area contributed by atoms with Gasteiger partial charge in [-0.2, -0.15) is 0 Å². The molecule has 0 saturated carbocycles. The molecule has 8 heteroatoms. The fourth-order valence-corrected chi connectivity index (χ4v) is 4.60. The van der Waals surface area contributed by atoms with Gasteiger partial charge in [-0.3, -0.25) is 14.5 Å². The molecule has 0 aliphatic carbocycles. The smallest absolute Gasteiger partial charge is 0.325 e. The van der Waals surface area contributed by atoms with Gasteiger partial charge in [0.15, 0.2) is 11.5 Å². The third-order valence-corrected chi connectivity index (χ3v) is 6.70. The maximum Gasteiger partial charge on any atom is 0.325 e. The van der Waals surface area contributed by atoms with Crippen molar-refractivity contribution in [3.8, 4) is 0 Å². The quantitative estimate of drug-likeness (QED) is 0.621. The number of carbonyl (C=O) groups is 3. The number of aromatic nitrogens is 1. The first-order chi connectivity index (χ1) is 15.8. The van der Waals surface area contributed by atoms with Crippen LogP contribution in [0.4, 0.5) is 4.79 Å². The standard InChI is InChI=1S/C25H26N4O4/c1-16-7-9-18(10-8-16)25(2)23(31)29(24(32)27-25)15-21(30)28-13-11-17(12-14-28)22-26-19-5-3-4-6-20(19)33-22/h3-10,17H,11-15H2,1-2H3,(H,27,32)/t25-/m1/s1. The SMILES string of the molecule is Cc1ccc([C@@]2(C)NC(=O)N(CC(=O)N3CCC(c4nc5ccccc5o4)CC3)C2=O)cc1. The molecule has 1 atom stereocenters. The number of carbonyl (C=O) groups excluding carboxylic acids is 3. The van der Waals surface area contributed by atoms with Crippen LogP contribution >= 0.6 is 0 Å². The predicted molar refractivity (Wildman–Crippen MR) is 121 cm³/mol. The lowest BCUT2D eigenvalue weighted by molar-refractivity contribution is -0.139. The van der Waals surface area contributed by atoms with Crippen LogP contribution in [-0.2, 0) is 15.1 Å². The number of nitrogens with zero attached hydrogens (tertiary/aromatic N) is 3. The molecule has 8 nitrogen and oxygen atoms in total. The minimum Gasteiger partial charge on any atom is -0.440 e. The second-order valence-electron chi connectivity index (χ2n) is 8.99. The van der Waals surface area contributed by atoms with E-state index in [1.165, 1.54) is 0 Å². The zero-order valence-corrected chi connectivity index (χ0v) is 18.7. The summed E-state index contributed by atoms with van der Waals surface area (Å²) in [7, 11) is 0. The molecule has 2 aliphatic rings. The molecule has 33 heavy (non-hydrogen) atoms. The van der Waals surface area contributed by atoms with Crippen molar-refractivity contribution in [3.63, 3.8) is 0 Å². The monoisotopic (exact) mass is 446 g/mol. The van der Waals surface area contributed by atoms with Crippen LogP contribution in [0, 0.1) is 6.92 Å². The molecule has 5 rings (SSSR count). The molecule has 1 aromatic heterocycles. The molecule has 4 amide bonds. The number of rotatable bonds is 4. The highest BCUT2D eigenvalue weighted by Gasteiger charge is 2.49. The van der Waals surface area contributed by atoms with Crippen molar-refractivity contribution in [1.29, 1.82) is 0 Å². The van der Waals surface area contributed by atoms with Gasteiger partial charge in [0.2, 0.25) is 5.91 Å². The number of imide groups is 1. The Morgan fingerprint density at radius 3 is 2.52 bits per heavy atom. The summed E-state index contributed by atoms with van der Waals surface area (Å²) in [5, 5.41) is 2.76. The van der Waals surface area contributed by atoms with Crippen LogP contribution in [-0.4, -0.2) is 52.3 Å². The van der Waals surface area contributed by atoms with E-state index >= 15 is 0 Å². The summed E-state index contributed by atoms with van der Waals surface area (Å²) in [5.41, 5.74) is 2.18. The fraction of sp³-hybridized carbons (Fsp3) is 0.360. The van der Waals surface area contributed by atoms with Crippen molar-refractivity contribution in [1.82, 2.24) is 20.1 Å². The highest BCUT2D eigenvalue weighted by Crippen LogP contribution is 2.31. The Morgan fingerprint density at radius 1 is 1.12 bits per heavy atom. The van der Waals surface area contributed by atoms with Crippen molar-refractivity contribution in [2.24, 2.45) is 0 Å². The number of nitrogens with one attached hydrogen (secondary N) is 1. The van der Waals surface area contributed by atoms with Crippen LogP contribution in [0.15, 0.2) is 52.9 Å². The van der Waals surface area contributed by atoms with E-state index in [1.807, 2.05) is 55.5 Å². The number of benzene rings is 2. The first kappa shape index (κ1) is 21.2. The Balaban J connectivity index is 1.22. The summed E-state index contributed by atoms with van der Waals surface area (Å²) in [6.07, 6.45) is 1.44. The number of piperidine rings is 1. The van der Waals surface area contributed by atoms with Gasteiger partial charge >= 0.3 is 6.03 Å². The van der Waals surface area contributed by atoms with Gasteiger partial charge < -0.3 is 14.6 Å². The Bertz CT molecular complexity index is 1190. The Kier molecular flexibility index (Phi) is 5.15. The Morgan fingerprint density at radius 2 is 1.82 bits per heavy atom. The summed E-state index contributed by atoms with van der Waals surface area (Å²) >= 11 is 0. The third-order valence-electron chi connectivity index (χ3n) is 6.70. The lowest BCUT2D eigenvalue weighted by Crippen LogP contribution is -2.46. The second kappa shape index (κ2) is 8.03. The molecule has 2 aliphatic heterocycles. The Hall–Kier alpha value is -3.68. The van der Waals surface area contributed by atoms with Crippen LogP contribution in [0.1, 0.15) is 42.7 Å². The van der Waals surface area contributed by atoms with E-state index in [0.717, 1.165) is 34.4 Å². The van der Waals surface area contributed by atoms with Crippen LogP contribution < -0.4 is 5.32 Å². The maximum atomic E-state index is 13.1. The van der Waals surface area contributed by atoms with Gasteiger partial charge in [0.1, 0.15) is 17.6 Å². The molecule has 0 radical (unpaired) electrons. The van der Waals surface area contributed by atoms with E-state index in [1.54, 1.807) is 11.8 Å². The van der Waals surface area contributed by atoms with E-state index < -0.39 is 17.5 Å². The number of para-hydroxylation sites is 2. The minimum absolute atomic E-state index is 0.142. The van der Waals surface area contributed by atoms with Crippen molar-refractivity contribution in [2.75, 3.05) is 19.6 Å². The number of aryl methyl sites for hydroxylation is 1. The van der Waals surface area contributed by atoms with Gasteiger partial charge in [-0.1, -0.05) is 42.0 Å². The van der Waals surface area contributed by atoms with Gasteiger partial charge in [0.05, 0.1) is 0 Å². The van der Waals surface area contributed by atoms with Gasteiger partial charge in [-0.05, 0) is 44.4 Å². The molecule has 3 aromatic rings. The van der Waals surface area contributed by atoms with E-state index in [0.29, 0.717) is 24.5 Å². The Labute approximate surface area is 191 Å². The van der Waals surface area contributed by atoms with Crippen LogP contribution in [0.5, 0.6) is 0 Å². The fourth-order valence-electron chi connectivity index (χ4n) is 4.60. The number of hydrogen-bond acceptors (Lipinski definition) is 5.